The minimum Gasteiger partial charge on any atom is -0.374 e. The summed E-state index contributed by atoms with van der Waals surface area (Å²) in [6.07, 6.45) is 1.09. The van der Waals surface area contributed by atoms with Crippen LogP contribution in [-0.2, 0) is 13.3 Å². The molecule has 0 aliphatic carbocycles. The van der Waals surface area contributed by atoms with E-state index in [1.54, 1.807) is 0 Å². The maximum absolute atomic E-state index is 5.83. The van der Waals surface area contributed by atoms with E-state index in [-0.39, 0.29) is 4.75 Å². The van der Waals surface area contributed by atoms with Gasteiger partial charge in [0.25, 0.3) is 0 Å². The standard InChI is InChI=1S/C13H30O3SSi.C4H10S/c1-7-14-18(15-8-2,16-9-3)12-10-11-17-13(4,5)6;1-4(2,3)5/h7-12H2,1-6H3;5H,1-3H3. The Balaban J connectivity index is 0. The van der Waals surface area contributed by atoms with Gasteiger partial charge in [0.05, 0.1) is 0 Å². The highest BCUT2D eigenvalue weighted by Crippen LogP contribution is 2.26. The molecule has 0 bridgehead atoms. The zero-order chi connectivity index (χ0) is 18.6. The highest BCUT2D eigenvalue weighted by atomic mass is 32.2. The van der Waals surface area contributed by atoms with Crippen LogP contribution in [0, 0.1) is 0 Å². The summed E-state index contributed by atoms with van der Waals surface area (Å²) in [6.45, 7) is 20.9. The van der Waals surface area contributed by atoms with Gasteiger partial charge in [-0.25, -0.2) is 0 Å². The maximum Gasteiger partial charge on any atom is 0.500 e. The van der Waals surface area contributed by atoms with Crippen molar-refractivity contribution in [2.45, 2.75) is 84.3 Å². The minimum atomic E-state index is -2.41. The van der Waals surface area contributed by atoms with Crippen LogP contribution in [0.3, 0.4) is 0 Å². The lowest BCUT2D eigenvalue weighted by atomic mass is 10.3. The third-order valence-electron chi connectivity index (χ3n) is 2.26. The number of thiol groups is 1. The van der Waals surface area contributed by atoms with Gasteiger partial charge < -0.3 is 13.3 Å². The van der Waals surface area contributed by atoms with Crippen molar-refractivity contribution in [2.75, 3.05) is 25.6 Å². The molecule has 23 heavy (non-hydrogen) atoms. The molecule has 0 aliphatic heterocycles. The smallest absolute Gasteiger partial charge is 0.374 e. The molecular formula is C17H40O3S2Si. The summed E-state index contributed by atoms with van der Waals surface area (Å²) >= 11 is 6.11. The largest absolute Gasteiger partial charge is 0.500 e. The van der Waals surface area contributed by atoms with Gasteiger partial charge in [0.15, 0.2) is 0 Å². The van der Waals surface area contributed by atoms with E-state index < -0.39 is 8.80 Å². The van der Waals surface area contributed by atoms with Crippen molar-refractivity contribution >= 4 is 33.2 Å². The Morgan fingerprint density at radius 3 is 1.43 bits per heavy atom. The molecule has 0 radical (unpaired) electrons. The van der Waals surface area contributed by atoms with E-state index in [1.165, 1.54) is 0 Å². The molecule has 0 atom stereocenters. The monoisotopic (exact) mass is 384 g/mol. The second-order valence-electron chi connectivity index (χ2n) is 7.22. The summed E-state index contributed by atoms with van der Waals surface area (Å²) in [7, 11) is -2.41. The van der Waals surface area contributed by atoms with Crippen LogP contribution in [-0.4, -0.2) is 43.9 Å². The molecule has 0 amide bonds. The Labute approximate surface area is 156 Å². The first-order chi connectivity index (χ1) is 10.4. The van der Waals surface area contributed by atoms with Gasteiger partial charge in [-0.15, -0.1) is 0 Å². The Hall–Kier alpha value is 0.797. The highest BCUT2D eigenvalue weighted by Gasteiger charge is 2.39. The highest BCUT2D eigenvalue weighted by molar-refractivity contribution is 8.00. The molecule has 6 heteroatoms. The fraction of sp³-hybridized carbons (Fsp3) is 1.00. The molecule has 0 saturated heterocycles. The van der Waals surface area contributed by atoms with E-state index in [9.17, 15) is 0 Å². The topological polar surface area (TPSA) is 27.7 Å². The first-order valence-electron chi connectivity index (χ1n) is 8.67. The molecule has 0 aromatic heterocycles. The van der Waals surface area contributed by atoms with Crippen molar-refractivity contribution in [2.24, 2.45) is 0 Å². The average molecular weight is 385 g/mol. The van der Waals surface area contributed by atoms with Crippen molar-refractivity contribution in [3.63, 3.8) is 0 Å². The third kappa shape index (κ3) is 20.8. The van der Waals surface area contributed by atoms with Crippen molar-refractivity contribution in [1.82, 2.24) is 0 Å². The predicted octanol–water partition coefficient (Wildman–Crippen LogP) is 5.67. The van der Waals surface area contributed by atoms with Crippen molar-refractivity contribution < 1.29 is 13.3 Å². The minimum absolute atomic E-state index is 0.194. The lowest BCUT2D eigenvalue weighted by Gasteiger charge is -2.28. The Bertz CT molecular complexity index is 253. The molecule has 0 saturated carbocycles. The second-order valence-corrected chi connectivity index (χ2v) is 13.2. The van der Waals surface area contributed by atoms with Gasteiger partial charge in [0.1, 0.15) is 0 Å². The maximum atomic E-state index is 5.83. The zero-order valence-electron chi connectivity index (χ0n) is 16.8. The van der Waals surface area contributed by atoms with Gasteiger partial charge in [-0.1, -0.05) is 41.5 Å². The Kier molecular flexibility index (Phi) is 14.8. The van der Waals surface area contributed by atoms with Crippen LogP contribution in [0.5, 0.6) is 0 Å². The van der Waals surface area contributed by atoms with E-state index in [0.29, 0.717) is 24.6 Å². The number of hydrogen-bond donors (Lipinski definition) is 1. The summed E-state index contributed by atoms with van der Waals surface area (Å²) in [6, 6.07) is 0.922. The fourth-order valence-corrected chi connectivity index (χ4v) is 5.44. The number of rotatable bonds is 10. The molecule has 142 valence electrons. The van der Waals surface area contributed by atoms with Crippen LogP contribution in [0.15, 0.2) is 0 Å². The van der Waals surface area contributed by atoms with Crippen molar-refractivity contribution in [3.8, 4) is 0 Å². The molecule has 0 aromatic carbocycles. The molecule has 0 aromatic rings. The summed E-state index contributed by atoms with van der Waals surface area (Å²) in [4.78, 5) is 0. The molecule has 0 heterocycles. The normalized spacial score (nSPS) is 12.8. The van der Waals surface area contributed by atoms with Crippen LogP contribution in [0.25, 0.3) is 0 Å². The van der Waals surface area contributed by atoms with Crippen LogP contribution < -0.4 is 0 Å². The predicted molar refractivity (Wildman–Crippen MR) is 111 cm³/mol. The zero-order valence-corrected chi connectivity index (χ0v) is 19.5. The molecule has 0 unspecified atom stereocenters. The third-order valence-corrected chi connectivity index (χ3v) is 6.77. The molecule has 0 spiro atoms. The summed E-state index contributed by atoms with van der Waals surface area (Å²) < 4.78 is 18.0. The fourth-order valence-electron chi connectivity index (χ4n) is 1.67. The molecule has 0 rings (SSSR count). The lowest BCUT2D eigenvalue weighted by molar-refractivity contribution is 0.0712. The van der Waals surface area contributed by atoms with E-state index in [2.05, 4.69) is 54.2 Å². The molecule has 0 aliphatic rings. The van der Waals surface area contributed by atoms with Gasteiger partial charge >= 0.3 is 8.80 Å². The van der Waals surface area contributed by atoms with Crippen LogP contribution in [0.2, 0.25) is 6.04 Å². The van der Waals surface area contributed by atoms with Crippen LogP contribution in [0.1, 0.15) is 68.7 Å². The first kappa shape index (κ1) is 26.0. The van der Waals surface area contributed by atoms with E-state index >= 15 is 0 Å². The van der Waals surface area contributed by atoms with Gasteiger partial charge in [-0.05, 0) is 32.9 Å². The number of hydrogen-bond acceptors (Lipinski definition) is 5. The Morgan fingerprint density at radius 2 is 1.17 bits per heavy atom. The van der Waals surface area contributed by atoms with Crippen molar-refractivity contribution in [3.05, 3.63) is 0 Å². The summed E-state index contributed by atoms with van der Waals surface area (Å²) in [5.41, 5.74) is 0. The first-order valence-corrected chi connectivity index (χ1v) is 12.0. The Morgan fingerprint density at radius 1 is 0.826 bits per heavy atom. The molecule has 3 nitrogen and oxygen atoms in total. The van der Waals surface area contributed by atoms with Crippen LogP contribution in [0.4, 0.5) is 0 Å². The SMILES string of the molecule is CC(C)(C)S.CCO[Si](CCCSC(C)(C)C)(OCC)OCC. The average Bonchev–Trinajstić information content (AvgIpc) is 2.32. The van der Waals surface area contributed by atoms with Gasteiger partial charge in [0.2, 0.25) is 0 Å². The van der Waals surface area contributed by atoms with E-state index in [0.717, 1.165) is 18.2 Å². The lowest BCUT2D eigenvalue weighted by Crippen LogP contribution is -2.46. The molecule has 0 N–H and O–H groups in total. The summed E-state index contributed by atoms with van der Waals surface area (Å²) in [5.74, 6) is 1.13. The van der Waals surface area contributed by atoms with Crippen molar-refractivity contribution in [1.29, 1.82) is 0 Å². The van der Waals surface area contributed by atoms with Gasteiger partial charge in [0, 0.05) is 35.4 Å². The van der Waals surface area contributed by atoms with Gasteiger partial charge in [-0.3, -0.25) is 0 Å². The quantitative estimate of drug-likeness (QED) is 0.298. The second kappa shape index (κ2) is 13.1. The van der Waals surface area contributed by atoms with E-state index in [1.807, 2.05) is 32.5 Å². The molecular weight excluding hydrogens is 344 g/mol. The van der Waals surface area contributed by atoms with E-state index in [4.69, 9.17) is 13.3 Å². The summed E-state index contributed by atoms with van der Waals surface area (Å²) in [5, 5.41) is 0. The van der Waals surface area contributed by atoms with Gasteiger partial charge in [-0.2, -0.15) is 24.4 Å². The van der Waals surface area contributed by atoms with Crippen LogP contribution >= 0.6 is 24.4 Å². The molecule has 0 fully saturated rings. The number of thioether (sulfide) groups is 1.